The zero-order valence-corrected chi connectivity index (χ0v) is 16.5. The van der Waals surface area contributed by atoms with Gasteiger partial charge in [0.15, 0.2) is 0 Å². The van der Waals surface area contributed by atoms with E-state index in [9.17, 15) is 18.8 Å². The number of ether oxygens (including phenoxy) is 1. The van der Waals surface area contributed by atoms with Crippen molar-refractivity contribution in [3.05, 3.63) is 29.6 Å². The van der Waals surface area contributed by atoms with Crippen molar-refractivity contribution >= 4 is 35.2 Å². The first-order valence-corrected chi connectivity index (χ1v) is 10.6. The van der Waals surface area contributed by atoms with Crippen molar-refractivity contribution in [2.75, 3.05) is 37.6 Å². The Morgan fingerprint density at radius 1 is 1.29 bits per heavy atom. The van der Waals surface area contributed by atoms with Gasteiger partial charge < -0.3 is 10.1 Å². The summed E-state index contributed by atoms with van der Waals surface area (Å²) >= 11 is 1.63. The van der Waals surface area contributed by atoms with Gasteiger partial charge in [0.25, 0.3) is 0 Å². The van der Waals surface area contributed by atoms with Crippen LogP contribution in [0.15, 0.2) is 18.2 Å². The highest BCUT2D eigenvalue weighted by Crippen LogP contribution is 2.53. The molecule has 0 saturated carbocycles. The van der Waals surface area contributed by atoms with Crippen molar-refractivity contribution in [3.8, 4) is 0 Å². The van der Waals surface area contributed by atoms with Crippen LogP contribution in [-0.2, 0) is 24.7 Å². The highest BCUT2D eigenvalue weighted by molar-refractivity contribution is 7.98. The van der Waals surface area contributed by atoms with Crippen LogP contribution in [0.3, 0.4) is 0 Å². The van der Waals surface area contributed by atoms with Gasteiger partial charge in [-0.3, -0.25) is 24.6 Å². The monoisotopic (exact) mass is 407 g/mol. The van der Waals surface area contributed by atoms with Gasteiger partial charge in [0.1, 0.15) is 11.4 Å². The average Bonchev–Trinajstić information content (AvgIpc) is 3.24. The van der Waals surface area contributed by atoms with Crippen LogP contribution in [0.1, 0.15) is 12.0 Å². The molecule has 9 heteroatoms. The summed E-state index contributed by atoms with van der Waals surface area (Å²) in [6.07, 6.45) is 2.58. The number of halogens is 1. The summed E-state index contributed by atoms with van der Waals surface area (Å²) in [7, 11) is 1.50. The molecule has 1 spiro atoms. The van der Waals surface area contributed by atoms with Crippen molar-refractivity contribution in [2.45, 2.75) is 18.0 Å². The lowest BCUT2D eigenvalue weighted by molar-refractivity contribution is -0.143. The molecule has 4 rings (SSSR count). The Hall–Kier alpha value is -1.97. The van der Waals surface area contributed by atoms with E-state index in [-0.39, 0.29) is 25.1 Å². The van der Waals surface area contributed by atoms with Gasteiger partial charge in [-0.05, 0) is 36.6 Å². The SMILES string of the molecule is COCCN1C(=O)C2C(CCSC)NC3(C(=O)Nc4ccc(F)cc43)C2C1=O. The van der Waals surface area contributed by atoms with Crippen molar-refractivity contribution in [1.29, 1.82) is 0 Å². The molecule has 4 unspecified atom stereocenters. The summed E-state index contributed by atoms with van der Waals surface area (Å²) in [5.74, 6) is -2.38. The molecule has 3 amide bonds. The van der Waals surface area contributed by atoms with E-state index >= 15 is 0 Å². The van der Waals surface area contributed by atoms with Gasteiger partial charge in [-0.1, -0.05) is 0 Å². The first kappa shape index (κ1) is 19.4. The highest BCUT2D eigenvalue weighted by atomic mass is 32.2. The summed E-state index contributed by atoms with van der Waals surface area (Å²) in [5, 5.41) is 6.04. The zero-order chi connectivity index (χ0) is 20.1. The number of methoxy groups -OCH3 is 1. The number of hydrogen-bond acceptors (Lipinski definition) is 6. The fourth-order valence-electron chi connectivity index (χ4n) is 4.73. The number of fused-ring (bicyclic) bond motifs is 4. The number of anilines is 1. The Morgan fingerprint density at radius 2 is 2.07 bits per heavy atom. The molecule has 1 aromatic rings. The summed E-state index contributed by atoms with van der Waals surface area (Å²) < 4.78 is 19.1. The van der Waals surface area contributed by atoms with Gasteiger partial charge in [-0.2, -0.15) is 11.8 Å². The number of benzene rings is 1. The lowest BCUT2D eigenvalue weighted by Gasteiger charge is -2.29. The van der Waals surface area contributed by atoms with Crippen LogP contribution in [0, 0.1) is 17.7 Å². The Morgan fingerprint density at radius 3 is 2.79 bits per heavy atom. The highest BCUT2D eigenvalue weighted by Gasteiger charge is 2.70. The molecule has 0 radical (unpaired) electrons. The van der Waals surface area contributed by atoms with Crippen molar-refractivity contribution in [3.63, 3.8) is 0 Å². The number of thioether (sulfide) groups is 1. The first-order chi connectivity index (χ1) is 13.5. The predicted octanol–water partition coefficient (Wildman–Crippen LogP) is 0.946. The molecular formula is C19H22FN3O4S. The van der Waals surface area contributed by atoms with E-state index in [1.807, 2.05) is 6.26 Å². The van der Waals surface area contributed by atoms with Gasteiger partial charge in [0.2, 0.25) is 17.7 Å². The maximum Gasteiger partial charge on any atom is 0.250 e. The average molecular weight is 407 g/mol. The van der Waals surface area contributed by atoms with Gasteiger partial charge in [0.05, 0.1) is 25.0 Å². The summed E-state index contributed by atoms with van der Waals surface area (Å²) in [6, 6.07) is 3.70. The number of nitrogens with zero attached hydrogens (tertiary/aromatic N) is 1. The van der Waals surface area contributed by atoms with Crippen LogP contribution >= 0.6 is 11.8 Å². The summed E-state index contributed by atoms with van der Waals surface area (Å²) in [5.41, 5.74) is -0.563. The Balaban J connectivity index is 1.81. The Kier molecular flexibility index (Phi) is 4.93. The molecule has 3 heterocycles. The minimum absolute atomic E-state index is 0.143. The second kappa shape index (κ2) is 7.13. The van der Waals surface area contributed by atoms with E-state index in [0.29, 0.717) is 17.7 Å². The summed E-state index contributed by atoms with van der Waals surface area (Å²) in [4.78, 5) is 40.6. The van der Waals surface area contributed by atoms with E-state index < -0.39 is 35.0 Å². The topological polar surface area (TPSA) is 87.7 Å². The molecule has 3 aliphatic heterocycles. The molecule has 0 bridgehead atoms. The Labute approximate surface area is 166 Å². The zero-order valence-electron chi connectivity index (χ0n) is 15.7. The van der Waals surface area contributed by atoms with Crippen LogP contribution in [0.5, 0.6) is 0 Å². The first-order valence-electron chi connectivity index (χ1n) is 9.18. The third kappa shape index (κ3) is 2.60. The molecule has 1 aromatic carbocycles. The maximum absolute atomic E-state index is 14.0. The lowest BCUT2D eigenvalue weighted by atomic mass is 9.76. The lowest BCUT2D eigenvalue weighted by Crippen LogP contribution is -2.53. The smallest absolute Gasteiger partial charge is 0.250 e. The van der Waals surface area contributed by atoms with Crippen molar-refractivity contribution in [2.24, 2.45) is 11.8 Å². The molecule has 0 aromatic heterocycles. The molecule has 4 atom stereocenters. The van der Waals surface area contributed by atoms with E-state index in [1.54, 1.807) is 11.8 Å². The fourth-order valence-corrected chi connectivity index (χ4v) is 5.22. The van der Waals surface area contributed by atoms with Gasteiger partial charge in [-0.15, -0.1) is 0 Å². The van der Waals surface area contributed by atoms with Crippen molar-refractivity contribution in [1.82, 2.24) is 10.2 Å². The second-order valence-electron chi connectivity index (χ2n) is 7.31. The van der Waals surface area contributed by atoms with Gasteiger partial charge >= 0.3 is 0 Å². The standard InChI is InChI=1S/C19H22FN3O4S/c1-27-7-6-23-16(24)14-13(5-8-28-2)22-19(15(14)17(23)25)11-9-10(20)3-4-12(11)21-18(19)26/h3-4,9,13-15,22H,5-8H2,1-2H3,(H,21,26). The van der Waals surface area contributed by atoms with Crippen LogP contribution in [0.2, 0.25) is 0 Å². The van der Waals surface area contributed by atoms with E-state index in [2.05, 4.69) is 10.6 Å². The molecule has 28 heavy (non-hydrogen) atoms. The normalized spacial score (nSPS) is 30.9. The molecule has 7 nitrogen and oxygen atoms in total. The molecule has 2 N–H and O–H groups in total. The number of nitrogens with one attached hydrogen (secondary N) is 2. The molecule has 2 fully saturated rings. The quantitative estimate of drug-likeness (QED) is 0.683. The largest absolute Gasteiger partial charge is 0.383 e. The minimum atomic E-state index is -1.43. The number of imide groups is 1. The van der Waals surface area contributed by atoms with Crippen LogP contribution in [0.25, 0.3) is 0 Å². The molecule has 3 aliphatic rings. The maximum atomic E-state index is 14.0. The van der Waals surface area contributed by atoms with E-state index in [1.165, 1.54) is 30.2 Å². The molecular weight excluding hydrogens is 385 g/mol. The number of likely N-dealkylation sites (tertiary alicyclic amines) is 1. The number of amides is 3. The van der Waals surface area contributed by atoms with Crippen molar-refractivity contribution < 1.29 is 23.5 Å². The van der Waals surface area contributed by atoms with E-state index in [0.717, 1.165) is 5.75 Å². The predicted molar refractivity (Wildman–Crippen MR) is 102 cm³/mol. The summed E-state index contributed by atoms with van der Waals surface area (Å²) in [6.45, 7) is 0.369. The third-order valence-electron chi connectivity index (χ3n) is 5.92. The van der Waals surface area contributed by atoms with Gasteiger partial charge in [-0.25, -0.2) is 4.39 Å². The molecule has 0 aliphatic carbocycles. The third-order valence-corrected chi connectivity index (χ3v) is 6.56. The number of carbonyl (C=O) groups excluding carboxylic acids is 3. The second-order valence-corrected chi connectivity index (χ2v) is 8.29. The number of hydrogen-bond donors (Lipinski definition) is 2. The van der Waals surface area contributed by atoms with Crippen LogP contribution in [-0.4, -0.2) is 60.9 Å². The fraction of sp³-hybridized carbons (Fsp3) is 0.526. The van der Waals surface area contributed by atoms with E-state index in [4.69, 9.17) is 4.74 Å². The Bertz CT molecular complexity index is 850. The number of rotatable bonds is 6. The molecule has 2 saturated heterocycles. The van der Waals surface area contributed by atoms with Gasteiger partial charge in [0, 0.05) is 24.4 Å². The molecule has 150 valence electrons. The van der Waals surface area contributed by atoms with Crippen LogP contribution in [0.4, 0.5) is 10.1 Å². The van der Waals surface area contributed by atoms with Crippen LogP contribution < -0.4 is 10.6 Å². The minimum Gasteiger partial charge on any atom is -0.383 e. The number of carbonyl (C=O) groups is 3.